The Morgan fingerprint density at radius 3 is 1.77 bits per heavy atom. The summed E-state index contributed by atoms with van der Waals surface area (Å²) in [5.74, 6) is -0.255. The molecule has 0 spiro atoms. The first-order chi connectivity index (χ1) is 27.4. The van der Waals surface area contributed by atoms with Gasteiger partial charge in [0.25, 0.3) is 5.91 Å². The second-order valence-electron chi connectivity index (χ2n) is 15.2. The monoisotopic (exact) mass is 808 g/mol. The molecule has 5 aromatic rings. The highest BCUT2D eigenvalue weighted by Crippen LogP contribution is 2.33. The molecule has 10 heteroatoms. The van der Waals surface area contributed by atoms with Gasteiger partial charge in [-0.3, -0.25) is 4.79 Å². The van der Waals surface area contributed by atoms with E-state index in [9.17, 15) is 31.1 Å². The minimum absolute atomic E-state index is 0.197. The Kier molecular flexibility index (Phi) is 16.6. The molecule has 3 nitrogen and oxygen atoms in total. The highest BCUT2D eigenvalue weighted by molar-refractivity contribution is 7.80. The Bertz CT molecular complexity index is 1970. The Balaban J connectivity index is 1.19. The molecule has 0 aliphatic rings. The SMILES string of the molecule is O=C(Nc1ccc(-c2cc(CCCCCCCCCC(F)(F)F)ccc2CCCCCCCCCC(F)(F)F)cc1)c1cccc(-c2cc3ccccc3[nH]2)c1S. The van der Waals surface area contributed by atoms with Gasteiger partial charge in [-0.25, -0.2) is 0 Å². The van der Waals surface area contributed by atoms with Crippen molar-refractivity contribution in [1.82, 2.24) is 4.98 Å². The maximum Gasteiger partial charge on any atom is 0.389 e. The molecule has 2 N–H and O–H groups in total. The number of hydrogen-bond acceptors (Lipinski definition) is 2. The van der Waals surface area contributed by atoms with Gasteiger partial charge in [0, 0.05) is 45.6 Å². The van der Waals surface area contributed by atoms with Crippen molar-refractivity contribution >= 4 is 35.1 Å². The number of hydrogen-bond donors (Lipinski definition) is 3. The molecule has 0 aliphatic heterocycles. The Morgan fingerprint density at radius 1 is 0.579 bits per heavy atom. The fourth-order valence-corrected chi connectivity index (χ4v) is 7.79. The normalized spacial score (nSPS) is 12.1. The highest BCUT2D eigenvalue weighted by Gasteiger charge is 2.26. The van der Waals surface area contributed by atoms with Crippen LogP contribution in [0.4, 0.5) is 32.0 Å². The van der Waals surface area contributed by atoms with E-state index in [-0.39, 0.29) is 18.7 Å². The number of rotatable bonds is 22. The van der Waals surface area contributed by atoms with E-state index in [0.29, 0.717) is 29.0 Å². The average molecular weight is 809 g/mol. The quantitative estimate of drug-likeness (QED) is 0.0364. The van der Waals surface area contributed by atoms with Gasteiger partial charge >= 0.3 is 12.4 Å². The van der Waals surface area contributed by atoms with E-state index in [1.54, 1.807) is 6.07 Å². The third-order valence-electron chi connectivity index (χ3n) is 10.6. The van der Waals surface area contributed by atoms with Crippen LogP contribution < -0.4 is 5.32 Å². The van der Waals surface area contributed by atoms with Crippen molar-refractivity contribution in [2.45, 2.75) is 133 Å². The summed E-state index contributed by atoms with van der Waals surface area (Å²) in [7, 11) is 0. The van der Waals surface area contributed by atoms with Crippen molar-refractivity contribution in [3.05, 3.63) is 108 Å². The number of aromatic amines is 1. The number of thiol groups is 1. The van der Waals surface area contributed by atoms with Gasteiger partial charge in [0.2, 0.25) is 0 Å². The Labute approximate surface area is 338 Å². The summed E-state index contributed by atoms with van der Waals surface area (Å²) in [5, 5.41) is 4.12. The van der Waals surface area contributed by atoms with E-state index in [0.717, 1.165) is 110 Å². The van der Waals surface area contributed by atoms with E-state index in [1.165, 1.54) is 11.1 Å². The van der Waals surface area contributed by atoms with E-state index in [1.807, 2.05) is 60.7 Å². The van der Waals surface area contributed by atoms with Crippen LogP contribution in [-0.4, -0.2) is 23.2 Å². The second kappa shape index (κ2) is 21.5. The lowest BCUT2D eigenvalue weighted by molar-refractivity contribution is -0.136. The number of para-hydroxylation sites is 1. The largest absolute Gasteiger partial charge is 0.389 e. The molecule has 0 radical (unpaired) electrons. The molecule has 0 unspecified atom stereocenters. The van der Waals surface area contributed by atoms with E-state index < -0.39 is 25.2 Å². The van der Waals surface area contributed by atoms with Crippen molar-refractivity contribution in [3.8, 4) is 22.4 Å². The summed E-state index contributed by atoms with van der Waals surface area (Å²) in [5.41, 5.74) is 8.51. The lowest BCUT2D eigenvalue weighted by atomic mass is 9.92. The van der Waals surface area contributed by atoms with Crippen LogP contribution in [0.5, 0.6) is 0 Å². The maximum absolute atomic E-state index is 13.5. The molecular weight excluding hydrogens is 755 g/mol. The molecule has 4 aromatic carbocycles. The molecule has 0 fully saturated rings. The third-order valence-corrected chi connectivity index (χ3v) is 11.0. The minimum Gasteiger partial charge on any atom is -0.354 e. The first-order valence-corrected chi connectivity index (χ1v) is 20.9. The lowest BCUT2D eigenvalue weighted by Gasteiger charge is -2.14. The molecule has 1 amide bonds. The summed E-state index contributed by atoms with van der Waals surface area (Å²) in [6, 6.07) is 30.1. The molecule has 0 bridgehead atoms. The fraction of sp³-hybridized carbons (Fsp3) is 0.426. The van der Waals surface area contributed by atoms with Crippen molar-refractivity contribution in [3.63, 3.8) is 0 Å². The van der Waals surface area contributed by atoms with Gasteiger partial charge in [0.05, 0.1) is 5.56 Å². The van der Waals surface area contributed by atoms with Crippen molar-refractivity contribution < 1.29 is 31.1 Å². The van der Waals surface area contributed by atoms with Crippen LogP contribution in [-0.2, 0) is 12.8 Å². The molecular formula is C47H54F6N2OS. The third kappa shape index (κ3) is 14.6. The number of anilines is 1. The highest BCUT2D eigenvalue weighted by atomic mass is 32.1. The van der Waals surface area contributed by atoms with Crippen LogP contribution in [0.25, 0.3) is 33.3 Å². The predicted octanol–water partition coefficient (Wildman–Crippen LogP) is 15.5. The zero-order chi connectivity index (χ0) is 40.7. The summed E-state index contributed by atoms with van der Waals surface area (Å²) in [6.45, 7) is 0. The number of alkyl halides is 6. The second-order valence-corrected chi connectivity index (χ2v) is 15.6. The van der Waals surface area contributed by atoms with Crippen LogP contribution >= 0.6 is 12.6 Å². The van der Waals surface area contributed by atoms with Crippen LogP contribution in [0.1, 0.15) is 124 Å². The van der Waals surface area contributed by atoms with Gasteiger partial charge in [-0.2, -0.15) is 26.3 Å². The zero-order valence-corrected chi connectivity index (χ0v) is 33.4. The molecule has 57 heavy (non-hydrogen) atoms. The molecule has 1 heterocycles. The van der Waals surface area contributed by atoms with Gasteiger partial charge in [-0.05, 0) is 91.1 Å². The summed E-state index contributed by atoms with van der Waals surface area (Å²) >= 11 is 4.77. The number of unbranched alkanes of at least 4 members (excludes halogenated alkanes) is 12. The fourth-order valence-electron chi connectivity index (χ4n) is 7.42. The van der Waals surface area contributed by atoms with Gasteiger partial charge in [-0.15, -0.1) is 12.6 Å². The minimum atomic E-state index is -4.07. The number of amides is 1. The summed E-state index contributed by atoms with van der Waals surface area (Å²) < 4.78 is 74.5. The Hall–Kier alpha value is -4.18. The number of nitrogens with one attached hydrogen (secondary N) is 2. The molecule has 5 rings (SSSR count). The number of aromatic nitrogens is 1. The molecule has 0 saturated heterocycles. The van der Waals surface area contributed by atoms with Crippen LogP contribution in [0.3, 0.4) is 0 Å². The van der Waals surface area contributed by atoms with E-state index in [4.69, 9.17) is 12.6 Å². The Morgan fingerprint density at radius 2 is 1.16 bits per heavy atom. The molecule has 306 valence electrons. The van der Waals surface area contributed by atoms with Gasteiger partial charge < -0.3 is 10.3 Å². The first kappa shape index (κ1) is 43.9. The van der Waals surface area contributed by atoms with Gasteiger partial charge in [-0.1, -0.05) is 125 Å². The zero-order valence-electron chi connectivity index (χ0n) is 32.5. The molecule has 0 saturated carbocycles. The summed E-state index contributed by atoms with van der Waals surface area (Å²) in [6.07, 6.45) is 3.43. The number of carbonyl (C=O) groups excluding carboxylic acids is 1. The van der Waals surface area contributed by atoms with Crippen molar-refractivity contribution in [2.75, 3.05) is 5.32 Å². The predicted molar refractivity (Wildman–Crippen MR) is 224 cm³/mol. The van der Waals surface area contributed by atoms with Gasteiger partial charge in [0.1, 0.15) is 0 Å². The molecule has 0 atom stereocenters. The maximum atomic E-state index is 13.5. The smallest absolute Gasteiger partial charge is 0.354 e. The van der Waals surface area contributed by atoms with Crippen molar-refractivity contribution in [1.29, 1.82) is 0 Å². The average Bonchev–Trinajstić information content (AvgIpc) is 3.61. The number of aryl methyl sites for hydroxylation is 2. The van der Waals surface area contributed by atoms with Crippen molar-refractivity contribution in [2.24, 2.45) is 0 Å². The molecule has 0 aliphatic carbocycles. The van der Waals surface area contributed by atoms with Gasteiger partial charge in [0.15, 0.2) is 0 Å². The number of carbonyl (C=O) groups is 1. The molecule has 1 aromatic heterocycles. The van der Waals surface area contributed by atoms with E-state index >= 15 is 0 Å². The number of H-pyrrole nitrogens is 1. The number of benzene rings is 4. The first-order valence-electron chi connectivity index (χ1n) is 20.4. The van der Waals surface area contributed by atoms with Crippen LogP contribution in [0, 0.1) is 0 Å². The standard InChI is InChI=1S/C47H54F6N2OS/c48-46(49,50)30-15-9-5-1-3-7-11-18-34-24-25-35(19-12-8-4-2-6-10-16-31-47(51,52)53)41(32-34)36-26-28-38(29-27-36)54-45(56)40-22-17-21-39(44(40)57)43-33-37-20-13-14-23-42(37)55-43/h13-14,17,20-29,32-33,55,57H,1-12,15-16,18-19,30-31H2,(H,54,56). The van der Waals surface area contributed by atoms with Crippen LogP contribution in [0.2, 0.25) is 0 Å². The number of halogens is 6. The lowest BCUT2D eigenvalue weighted by Crippen LogP contribution is -2.13. The van der Waals surface area contributed by atoms with E-state index in [2.05, 4.69) is 34.6 Å². The topological polar surface area (TPSA) is 44.9 Å². The van der Waals surface area contributed by atoms with Crippen LogP contribution in [0.15, 0.2) is 95.9 Å². The summed E-state index contributed by atoms with van der Waals surface area (Å²) in [4.78, 5) is 17.5. The number of fused-ring (bicyclic) bond motifs is 1.